The van der Waals surface area contributed by atoms with Crippen LogP contribution in [0.15, 0.2) is 12.1 Å². The summed E-state index contributed by atoms with van der Waals surface area (Å²) in [6.07, 6.45) is 0.485. The van der Waals surface area contributed by atoms with Gasteiger partial charge in [0.05, 0.1) is 6.10 Å². The van der Waals surface area contributed by atoms with Crippen LogP contribution in [-0.2, 0) is 6.42 Å². The van der Waals surface area contributed by atoms with E-state index in [9.17, 15) is 5.11 Å². The topological polar surface area (TPSA) is 23.5 Å². The molecule has 0 saturated carbocycles. The normalized spacial score (nSPS) is 13.1. The molecule has 18 heavy (non-hydrogen) atoms. The van der Waals surface area contributed by atoms with Crippen LogP contribution in [0, 0.1) is 20.8 Å². The van der Waals surface area contributed by atoms with E-state index in [0.717, 1.165) is 26.1 Å². The van der Waals surface area contributed by atoms with Crippen molar-refractivity contribution >= 4 is 0 Å². The third-order valence-electron chi connectivity index (χ3n) is 3.64. The lowest BCUT2D eigenvalue weighted by Crippen LogP contribution is -2.33. The lowest BCUT2D eigenvalue weighted by Gasteiger charge is -2.23. The Balaban J connectivity index is 2.73. The van der Waals surface area contributed by atoms with Crippen molar-refractivity contribution in [3.05, 3.63) is 34.4 Å². The number of rotatable bonds is 6. The van der Waals surface area contributed by atoms with E-state index >= 15 is 0 Å². The molecule has 0 saturated heterocycles. The monoisotopic (exact) mass is 249 g/mol. The van der Waals surface area contributed by atoms with Crippen LogP contribution >= 0.6 is 0 Å². The SMILES string of the molecule is CCN(CC)CC(O)Cc1c(C)cc(C)cc1C. The summed E-state index contributed by atoms with van der Waals surface area (Å²) in [5.74, 6) is 0. The molecule has 0 radical (unpaired) electrons. The van der Waals surface area contributed by atoms with Gasteiger partial charge in [-0.2, -0.15) is 0 Å². The molecule has 1 aromatic rings. The summed E-state index contributed by atoms with van der Waals surface area (Å²) in [7, 11) is 0. The summed E-state index contributed by atoms with van der Waals surface area (Å²) in [6, 6.07) is 4.40. The summed E-state index contributed by atoms with van der Waals surface area (Å²) in [5, 5.41) is 10.2. The number of hydrogen-bond acceptors (Lipinski definition) is 2. The summed E-state index contributed by atoms with van der Waals surface area (Å²) in [4.78, 5) is 2.27. The number of aliphatic hydroxyl groups excluding tert-OH is 1. The van der Waals surface area contributed by atoms with E-state index in [1.165, 1.54) is 22.3 Å². The molecule has 0 fully saturated rings. The molecule has 0 amide bonds. The molecule has 1 atom stereocenters. The molecule has 2 heteroatoms. The minimum Gasteiger partial charge on any atom is -0.391 e. The van der Waals surface area contributed by atoms with Gasteiger partial charge >= 0.3 is 0 Å². The molecule has 0 aliphatic heterocycles. The van der Waals surface area contributed by atoms with E-state index in [0.29, 0.717) is 0 Å². The summed E-state index contributed by atoms with van der Waals surface area (Å²) in [6.45, 7) is 13.4. The van der Waals surface area contributed by atoms with Gasteiger partial charge < -0.3 is 10.0 Å². The number of aliphatic hydroxyl groups is 1. The van der Waals surface area contributed by atoms with Crippen molar-refractivity contribution in [1.82, 2.24) is 4.90 Å². The first-order chi connectivity index (χ1) is 8.47. The molecule has 0 heterocycles. The second-order valence-electron chi connectivity index (χ2n) is 5.22. The van der Waals surface area contributed by atoms with Gasteiger partial charge in [-0.05, 0) is 50.6 Å². The first kappa shape index (κ1) is 15.2. The smallest absolute Gasteiger partial charge is 0.0707 e. The molecule has 0 aliphatic rings. The Labute approximate surface area is 112 Å². The maximum atomic E-state index is 10.2. The highest BCUT2D eigenvalue weighted by Gasteiger charge is 2.13. The fourth-order valence-electron chi connectivity index (χ4n) is 2.61. The number of nitrogens with zero attached hydrogens (tertiary/aromatic N) is 1. The van der Waals surface area contributed by atoms with Crippen LogP contribution in [0.4, 0.5) is 0 Å². The lowest BCUT2D eigenvalue weighted by atomic mass is 9.95. The Morgan fingerprint density at radius 3 is 2.00 bits per heavy atom. The lowest BCUT2D eigenvalue weighted by molar-refractivity contribution is 0.118. The minimum absolute atomic E-state index is 0.273. The summed E-state index contributed by atoms with van der Waals surface area (Å²) < 4.78 is 0. The van der Waals surface area contributed by atoms with Gasteiger partial charge in [0.1, 0.15) is 0 Å². The van der Waals surface area contributed by atoms with E-state index in [2.05, 4.69) is 51.7 Å². The quantitative estimate of drug-likeness (QED) is 0.838. The highest BCUT2D eigenvalue weighted by molar-refractivity contribution is 5.37. The molecule has 102 valence electrons. The Hall–Kier alpha value is -0.860. The molecule has 1 unspecified atom stereocenters. The second kappa shape index (κ2) is 6.91. The molecule has 0 spiro atoms. The Morgan fingerprint density at radius 1 is 1.06 bits per heavy atom. The van der Waals surface area contributed by atoms with Crippen molar-refractivity contribution in [2.45, 2.75) is 47.1 Å². The van der Waals surface area contributed by atoms with Crippen LogP contribution in [0.1, 0.15) is 36.1 Å². The van der Waals surface area contributed by atoms with Crippen LogP contribution in [0.2, 0.25) is 0 Å². The first-order valence-corrected chi connectivity index (χ1v) is 6.95. The highest BCUT2D eigenvalue weighted by atomic mass is 16.3. The minimum atomic E-state index is -0.273. The number of likely N-dealkylation sites (N-methyl/N-ethyl adjacent to an activating group) is 1. The summed E-state index contributed by atoms with van der Waals surface area (Å²) in [5.41, 5.74) is 5.20. The van der Waals surface area contributed by atoms with E-state index in [-0.39, 0.29) is 6.10 Å². The van der Waals surface area contributed by atoms with Crippen LogP contribution in [0.5, 0.6) is 0 Å². The van der Waals surface area contributed by atoms with Crippen molar-refractivity contribution in [3.63, 3.8) is 0 Å². The predicted octanol–water partition coefficient (Wildman–Crippen LogP) is 2.86. The van der Waals surface area contributed by atoms with Crippen LogP contribution < -0.4 is 0 Å². The zero-order valence-corrected chi connectivity index (χ0v) is 12.5. The number of hydrogen-bond donors (Lipinski definition) is 1. The second-order valence-corrected chi connectivity index (χ2v) is 5.22. The standard InChI is InChI=1S/C16H27NO/c1-6-17(7-2)11-15(18)10-16-13(4)8-12(3)9-14(16)5/h8-9,15,18H,6-7,10-11H2,1-5H3. The maximum Gasteiger partial charge on any atom is 0.0707 e. The molecule has 0 aromatic heterocycles. The number of benzene rings is 1. The van der Waals surface area contributed by atoms with Gasteiger partial charge in [-0.1, -0.05) is 31.5 Å². The largest absolute Gasteiger partial charge is 0.391 e. The van der Waals surface area contributed by atoms with Crippen molar-refractivity contribution < 1.29 is 5.11 Å². The van der Waals surface area contributed by atoms with Crippen molar-refractivity contribution in [1.29, 1.82) is 0 Å². The first-order valence-electron chi connectivity index (χ1n) is 6.95. The van der Waals surface area contributed by atoms with E-state index in [4.69, 9.17) is 0 Å². The Morgan fingerprint density at radius 2 is 1.56 bits per heavy atom. The van der Waals surface area contributed by atoms with Gasteiger partial charge in [0.25, 0.3) is 0 Å². The van der Waals surface area contributed by atoms with Crippen LogP contribution in [0.3, 0.4) is 0 Å². The van der Waals surface area contributed by atoms with E-state index < -0.39 is 0 Å². The molecule has 1 aromatic carbocycles. The van der Waals surface area contributed by atoms with Crippen molar-refractivity contribution in [3.8, 4) is 0 Å². The van der Waals surface area contributed by atoms with Crippen LogP contribution in [-0.4, -0.2) is 35.7 Å². The average molecular weight is 249 g/mol. The van der Waals surface area contributed by atoms with E-state index in [1.807, 2.05) is 0 Å². The molecule has 0 bridgehead atoms. The average Bonchev–Trinajstić information content (AvgIpc) is 2.30. The van der Waals surface area contributed by atoms with Gasteiger partial charge in [-0.3, -0.25) is 0 Å². The number of aryl methyl sites for hydroxylation is 3. The van der Waals surface area contributed by atoms with Crippen LogP contribution in [0.25, 0.3) is 0 Å². The van der Waals surface area contributed by atoms with Crippen molar-refractivity contribution in [2.24, 2.45) is 0 Å². The molecular weight excluding hydrogens is 222 g/mol. The zero-order chi connectivity index (χ0) is 13.7. The van der Waals surface area contributed by atoms with E-state index in [1.54, 1.807) is 0 Å². The molecular formula is C16H27NO. The van der Waals surface area contributed by atoms with Gasteiger partial charge in [0.15, 0.2) is 0 Å². The predicted molar refractivity (Wildman–Crippen MR) is 78.2 cm³/mol. The molecule has 0 aliphatic carbocycles. The third-order valence-corrected chi connectivity index (χ3v) is 3.64. The molecule has 1 N–H and O–H groups in total. The van der Waals surface area contributed by atoms with Gasteiger partial charge in [0.2, 0.25) is 0 Å². The highest BCUT2D eigenvalue weighted by Crippen LogP contribution is 2.18. The fraction of sp³-hybridized carbons (Fsp3) is 0.625. The Bertz CT molecular complexity index is 360. The third kappa shape index (κ3) is 4.11. The Kier molecular flexibility index (Phi) is 5.83. The van der Waals surface area contributed by atoms with Gasteiger partial charge in [-0.15, -0.1) is 0 Å². The zero-order valence-electron chi connectivity index (χ0n) is 12.5. The van der Waals surface area contributed by atoms with Crippen molar-refractivity contribution in [2.75, 3.05) is 19.6 Å². The molecule has 1 rings (SSSR count). The fourth-order valence-corrected chi connectivity index (χ4v) is 2.61. The van der Waals surface area contributed by atoms with Gasteiger partial charge in [0, 0.05) is 13.0 Å². The molecule has 2 nitrogen and oxygen atoms in total. The maximum absolute atomic E-state index is 10.2. The summed E-state index contributed by atoms with van der Waals surface area (Å²) >= 11 is 0. The van der Waals surface area contributed by atoms with Gasteiger partial charge in [-0.25, -0.2) is 0 Å².